The zero-order valence-corrected chi connectivity index (χ0v) is 13.5. The lowest BCUT2D eigenvalue weighted by molar-refractivity contribution is -0.153. The average Bonchev–Trinajstić information content (AvgIpc) is 2.80. The zero-order chi connectivity index (χ0) is 17.0. The third kappa shape index (κ3) is 4.10. The lowest BCUT2D eigenvalue weighted by Gasteiger charge is -2.16. The fourth-order valence-electron chi connectivity index (χ4n) is 2.28. The van der Waals surface area contributed by atoms with Crippen molar-refractivity contribution >= 4 is 35.2 Å². The fraction of sp³-hybridized carbons (Fsp3) is 0.312. The van der Waals surface area contributed by atoms with E-state index in [0.29, 0.717) is 16.4 Å². The molecule has 0 bridgehead atoms. The number of hydrogen-bond acceptors (Lipinski definition) is 6. The third-order valence-corrected chi connectivity index (χ3v) is 3.55. The van der Waals surface area contributed by atoms with Crippen LogP contribution >= 0.6 is 11.6 Å². The smallest absolute Gasteiger partial charge is 0.336 e. The minimum absolute atomic E-state index is 0.0950. The maximum Gasteiger partial charge on any atom is 0.336 e. The van der Waals surface area contributed by atoms with Crippen molar-refractivity contribution in [3.8, 4) is 0 Å². The summed E-state index contributed by atoms with van der Waals surface area (Å²) in [5.41, 5.74) is 1.20. The molecule has 0 amide bonds. The molecule has 0 spiro atoms. The van der Waals surface area contributed by atoms with Crippen molar-refractivity contribution in [1.29, 1.82) is 0 Å². The largest absolute Gasteiger partial charge is 0.463 e. The summed E-state index contributed by atoms with van der Waals surface area (Å²) in [4.78, 5) is 35.3. The van der Waals surface area contributed by atoms with Gasteiger partial charge in [-0.15, -0.1) is 0 Å². The van der Waals surface area contributed by atoms with Gasteiger partial charge in [-0.2, -0.15) is 0 Å². The SMILES string of the molecule is CCOC(=O)/C(=C(/C)Nc1ccc(Cl)cc1)C1CC(=O)OC1=O. The van der Waals surface area contributed by atoms with E-state index in [1.54, 1.807) is 38.1 Å². The summed E-state index contributed by atoms with van der Waals surface area (Å²) in [6.07, 6.45) is -0.174. The molecule has 0 aliphatic carbocycles. The van der Waals surface area contributed by atoms with E-state index in [4.69, 9.17) is 16.3 Å². The predicted molar refractivity (Wildman–Crippen MR) is 83.6 cm³/mol. The third-order valence-electron chi connectivity index (χ3n) is 3.29. The Hall–Kier alpha value is -2.34. The number of halogens is 1. The van der Waals surface area contributed by atoms with E-state index < -0.39 is 23.8 Å². The van der Waals surface area contributed by atoms with E-state index in [-0.39, 0.29) is 18.6 Å². The second kappa shape index (κ2) is 7.28. The van der Waals surface area contributed by atoms with Gasteiger partial charge in [-0.05, 0) is 38.1 Å². The topological polar surface area (TPSA) is 81.7 Å². The number of carbonyl (C=O) groups excluding carboxylic acids is 3. The van der Waals surface area contributed by atoms with E-state index in [2.05, 4.69) is 10.1 Å². The highest BCUT2D eigenvalue weighted by atomic mass is 35.5. The normalized spacial score (nSPS) is 18.3. The van der Waals surface area contributed by atoms with Crippen LogP contribution in [0.15, 0.2) is 35.5 Å². The molecule has 1 fully saturated rings. The maximum absolute atomic E-state index is 12.2. The standard InChI is InChI=1S/C16H16ClNO5/c1-3-22-16(21)14(12-8-13(19)23-15(12)20)9(2)18-11-6-4-10(17)5-7-11/h4-7,12,18H,3,8H2,1-2H3/b14-9-. The molecule has 1 aliphatic heterocycles. The lowest BCUT2D eigenvalue weighted by atomic mass is 9.95. The van der Waals surface area contributed by atoms with Crippen molar-refractivity contribution in [1.82, 2.24) is 0 Å². The van der Waals surface area contributed by atoms with Gasteiger partial charge in [-0.1, -0.05) is 11.6 Å². The Labute approximate surface area is 138 Å². The molecule has 1 aromatic carbocycles. The molecule has 1 unspecified atom stereocenters. The number of esters is 3. The van der Waals surface area contributed by atoms with E-state index >= 15 is 0 Å². The first-order valence-electron chi connectivity index (χ1n) is 7.07. The Morgan fingerprint density at radius 1 is 1.35 bits per heavy atom. The molecule has 7 heteroatoms. The number of allylic oxidation sites excluding steroid dienone is 1. The minimum atomic E-state index is -0.957. The van der Waals surface area contributed by atoms with Crippen molar-refractivity contribution in [3.63, 3.8) is 0 Å². The summed E-state index contributed by atoms with van der Waals surface area (Å²) in [7, 11) is 0. The summed E-state index contributed by atoms with van der Waals surface area (Å²) in [5, 5.41) is 3.60. The Morgan fingerprint density at radius 3 is 2.52 bits per heavy atom. The summed E-state index contributed by atoms with van der Waals surface area (Å²) >= 11 is 5.83. The van der Waals surface area contributed by atoms with Gasteiger partial charge in [-0.25, -0.2) is 4.79 Å². The lowest BCUT2D eigenvalue weighted by Crippen LogP contribution is -2.23. The number of anilines is 1. The van der Waals surface area contributed by atoms with Crippen molar-refractivity contribution in [2.45, 2.75) is 20.3 Å². The number of benzene rings is 1. The van der Waals surface area contributed by atoms with Crippen molar-refractivity contribution in [2.75, 3.05) is 11.9 Å². The second-order valence-electron chi connectivity index (χ2n) is 4.94. The molecule has 1 aromatic rings. The van der Waals surface area contributed by atoms with Crippen LogP contribution in [0.3, 0.4) is 0 Å². The van der Waals surface area contributed by atoms with E-state index in [1.807, 2.05) is 0 Å². The Bertz CT molecular complexity index is 666. The molecule has 0 aromatic heterocycles. The molecule has 1 heterocycles. The van der Waals surface area contributed by atoms with Gasteiger partial charge in [0.05, 0.1) is 18.6 Å². The molecule has 0 saturated carbocycles. The Morgan fingerprint density at radius 2 is 2.00 bits per heavy atom. The quantitative estimate of drug-likeness (QED) is 0.505. The number of ether oxygens (including phenoxy) is 2. The highest BCUT2D eigenvalue weighted by Gasteiger charge is 2.40. The van der Waals surface area contributed by atoms with E-state index in [0.717, 1.165) is 0 Å². The molecule has 2 rings (SSSR count). The van der Waals surface area contributed by atoms with Crippen LogP contribution in [0, 0.1) is 5.92 Å². The van der Waals surface area contributed by atoms with Gasteiger partial charge >= 0.3 is 17.9 Å². The van der Waals surface area contributed by atoms with Crippen LogP contribution in [-0.2, 0) is 23.9 Å². The highest BCUT2D eigenvalue weighted by molar-refractivity contribution is 6.30. The molecule has 1 atom stereocenters. The molecule has 0 radical (unpaired) electrons. The van der Waals surface area contributed by atoms with Crippen LogP contribution in [-0.4, -0.2) is 24.5 Å². The number of cyclic esters (lactones) is 2. The summed E-state index contributed by atoms with van der Waals surface area (Å²) in [6, 6.07) is 6.84. The molecule has 1 aliphatic rings. The average molecular weight is 338 g/mol. The minimum Gasteiger partial charge on any atom is -0.463 e. The molecule has 1 saturated heterocycles. The van der Waals surface area contributed by atoms with Crippen LogP contribution in [0.5, 0.6) is 0 Å². The first kappa shape index (κ1) is 17.0. The van der Waals surface area contributed by atoms with Crippen molar-refractivity contribution in [2.24, 2.45) is 5.92 Å². The Kier molecular flexibility index (Phi) is 5.39. The molecule has 23 heavy (non-hydrogen) atoms. The van der Waals surface area contributed by atoms with Crippen LogP contribution in [0.2, 0.25) is 5.02 Å². The number of nitrogens with one attached hydrogen (secondary N) is 1. The number of hydrogen-bond donors (Lipinski definition) is 1. The van der Waals surface area contributed by atoms with Crippen molar-refractivity contribution in [3.05, 3.63) is 40.6 Å². The highest BCUT2D eigenvalue weighted by Crippen LogP contribution is 2.28. The summed E-state index contributed by atoms with van der Waals surface area (Å²) < 4.78 is 9.54. The molecular weight excluding hydrogens is 322 g/mol. The maximum atomic E-state index is 12.2. The van der Waals surface area contributed by atoms with Gasteiger partial charge in [0, 0.05) is 16.4 Å². The summed E-state index contributed by atoms with van der Waals surface area (Å²) in [6.45, 7) is 3.46. The van der Waals surface area contributed by atoms with Crippen LogP contribution in [0.4, 0.5) is 5.69 Å². The van der Waals surface area contributed by atoms with Crippen molar-refractivity contribution < 1.29 is 23.9 Å². The number of rotatable bonds is 5. The van der Waals surface area contributed by atoms with Gasteiger partial charge in [0.25, 0.3) is 0 Å². The molecule has 1 N–H and O–H groups in total. The number of carbonyl (C=O) groups is 3. The van der Waals surface area contributed by atoms with Crippen LogP contribution < -0.4 is 5.32 Å². The van der Waals surface area contributed by atoms with Crippen LogP contribution in [0.1, 0.15) is 20.3 Å². The van der Waals surface area contributed by atoms with Crippen LogP contribution in [0.25, 0.3) is 0 Å². The summed E-state index contributed by atoms with van der Waals surface area (Å²) in [5.74, 6) is -3.00. The first-order valence-corrected chi connectivity index (χ1v) is 7.45. The van der Waals surface area contributed by atoms with Gasteiger partial charge in [-0.3, -0.25) is 9.59 Å². The molecular formula is C16H16ClNO5. The zero-order valence-electron chi connectivity index (χ0n) is 12.7. The monoisotopic (exact) mass is 337 g/mol. The van der Waals surface area contributed by atoms with E-state index in [9.17, 15) is 14.4 Å². The Balaban J connectivity index is 2.34. The molecule has 6 nitrogen and oxygen atoms in total. The van der Waals surface area contributed by atoms with E-state index in [1.165, 1.54) is 0 Å². The van der Waals surface area contributed by atoms with Gasteiger partial charge in [0.15, 0.2) is 0 Å². The van der Waals surface area contributed by atoms with Gasteiger partial charge in [0.2, 0.25) is 0 Å². The first-order chi connectivity index (χ1) is 10.9. The second-order valence-corrected chi connectivity index (χ2v) is 5.38. The van der Waals surface area contributed by atoms with Gasteiger partial charge in [0.1, 0.15) is 5.92 Å². The molecule has 122 valence electrons. The van der Waals surface area contributed by atoms with Gasteiger partial charge < -0.3 is 14.8 Å². The fourth-order valence-corrected chi connectivity index (χ4v) is 2.40. The predicted octanol–water partition coefficient (Wildman–Crippen LogP) is 2.68.